The van der Waals surface area contributed by atoms with Gasteiger partial charge in [-0.2, -0.15) is 4.31 Å². The first kappa shape index (κ1) is 20.2. The molecule has 4 heterocycles. The maximum Gasteiger partial charge on any atom is 0.270 e. The molecule has 3 aromatic heterocycles. The lowest BCUT2D eigenvalue weighted by molar-refractivity contribution is 0.383. The van der Waals surface area contributed by atoms with E-state index in [2.05, 4.69) is 20.2 Å². The molecule has 2 N–H and O–H groups in total. The third-order valence-electron chi connectivity index (χ3n) is 5.13. The van der Waals surface area contributed by atoms with Gasteiger partial charge in [0.2, 0.25) is 15.9 Å². The summed E-state index contributed by atoms with van der Waals surface area (Å²) in [6, 6.07) is 10.8. The van der Waals surface area contributed by atoms with E-state index in [0.29, 0.717) is 37.9 Å². The molecule has 0 bridgehead atoms. The Morgan fingerprint density at radius 2 is 1.75 bits per heavy atom. The fourth-order valence-corrected chi connectivity index (χ4v) is 4.77. The van der Waals surface area contributed by atoms with Gasteiger partial charge in [0.25, 0.3) is 5.89 Å². The first-order valence-electron chi connectivity index (χ1n) is 9.81. The number of nitrogens with zero attached hydrogens (tertiary/aromatic N) is 6. The van der Waals surface area contributed by atoms with E-state index in [-0.39, 0.29) is 23.7 Å². The van der Waals surface area contributed by atoms with E-state index < -0.39 is 10.0 Å². The molecule has 0 amide bonds. The van der Waals surface area contributed by atoms with Gasteiger partial charge in [-0.05, 0) is 18.2 Å². The first-order valence-corrected chi connectivity index (χ1v) is 11.3. The van der Waals surface area contributed by atoms with Crippen LogP contribution in [0.1, 0.15) is 1.43 Å². The van der Waals surface area contributed by atoms with E-state index in [4.69, 9.17) is 14.6 Å². The molecule has 1 fully saturated rings. The standard InChI is InChI=1S/C20H19N7O4S.H2/c21-18-17(20-25-24-19(31-20)14-4-2-1-3-5-14)23-16(12-22-18)26-7-9-27(10-8-26)32(28,29)15-6-11-30-13-15;/h1-6,11-13H,7-10H2,(H2,21,22);1H. The van der Waals surface area contributed by atoms with Crippen LogP contribution in [-0.4, -0.2) is 59.1 Å². The summed E-state index contributed by atoms with van der Waals surface area (Å²) in [5.41, 5.74) is 7.08. The Morgan fingerprint density at radius 1 is 1.00 bits per heavy atom. The lowest BCUT2D eigenvalue weighted by Crippen LogP contribution is -2.48. The van der Waals surface area contributed by atoms with Gasteiger partial charge in [-0.3, -0.25) is 0 Å². The molecular weight excluding hydrogens is 434 g/mol. The Morgan fingerprint density at radius 3 is 2.47 bits per heavy atom. The van der Waals surface area contributed by atoms with Crippen LogP contribution in [0.5, 0.6) is 0 Å². The van der Waals surface area contributed by atoms with Crippen molar-refractivity contribution in [3.05, 3.63) is 55.1 Å². The number of anilines is 2. The predicted molar refractivity (Wildman–Crippen MR) is 117 cm³/mol. The van der Waals surface area contributed by atoms with Gasteiger partial charge in [0.1, 0.15) is 17.0 Å². The minimum atomic E-state index is -3.58. The molecule has 1 aromatic carbocycles. The van der Waals surface area contributed by atoms with Gasteiger partial charge >= 0.3 is 0 Å². The number of benzene rings is 1. The predicted octanol–water partition coefficient (Wildman–Crippen LogP) is 2.13. The summed E-state index contributed by atoms with van der Waals surface area (Å²) in [7, 11) is -3.58. The monoisotopic (exact) mass is 455 g/mol. The molecule has 4 aromatic rings. The van der Waals surface area contributed by atoms with Crippen LogP contribution >= 0.6 is 0 Å². The number of aromatic nitrogens is 4. The number of nitrogen functional groups attached to an aromatic ring is 1. The molecule has 0 spiro atoms. The van der Waals surface area contributed by atoms with Crippen molar-refractivity contribution in [1.82, 2.24) is 24.5 Å². The number of sulfonamides is 1. The summed E-state index contributed by atoms with van der Waals surface area (Å²) in [6.07, 6.45) is 4.12. The van der Waals surface area contributed by atoms with Crippen molar-refractivity contribution in [2.45, 2.75) is 4.90 Å². The first-order chi connectivity index (χ1) is 15.5. The highest BCUT2D eigenvalue weighted by atomic mass is 32.2. The van der Waals surface area contributed by atoms with Gasteiger partial charge in [-0.15, -0.1) is 10.2 Å². The number of hydrogen-bond donors (Lipinski definition) is 1. The van der Waals surface area contributed by atoms with Gasteiger partial charge in [0, 0.05) is 33.2 Å². The number of piperazine rings is 1. The third-order valence-corrected chi connectivity index (χ3v) is 7.00. The van der Waals surface area contributed by atoms with E-state index in [1.807, 2.05) is 35.2 Å². The Hall–Kier alpha value is -3.77. The van der Waals surface area contributed by atoms with Crippen molar-refractivity contribution >= 4 is 21.7 Å². The Bertz CT molecular complexity index is 1320. The van der Waals surface area contributed by atoms with Crippen LogP contribution in [0.15, 0.2) is 68.9 Å². The van der Waals surface area contributed by atoms with Crippen LogP contribution in [0, 0.1) is 0 Å². The molecule has 0 radical (unpaired) electrons. The lowest BCUT2D eigenvalue weighted by atomic mass is 10.2. The summed E-state index contributed by atoms with van der Waals surface area (Å²) in [5.74, 6) is 1.23. The summed E-state index contributed by atoms with van der Waals surface area (Å²) in [4.78, 5) is 10.9. The van der Waals surface area contributed by atoms with Crippen LogP contribution in [0.4, 0.5) is 11.6 Å². The second-order valence-corrected chi connectivity index (χ2v) is 9.03. The summed E-state index contributed by atoms with van der Waals surface area (Å²) >= 11 is 0. The molecule has 0 atom stereocenters. The number of hydrogen-bond acceptors (Lipinski definition) is 10. The normalized spacial score (nSPS) is 15.2. The van der Waals surface area contributed by atoms with E-state index in [1.54, 1.807) is 6.20 Å². The molecular formula is C20H21N7O4S. The molecule has 166 valence electrons. The van der Waals surface area contributed by atoms with Gasteiger partial charge in [-0.1, -0.05) is 18.2 Å². The minimum absolute atomic E-state index is 0. The van der Waals surface area contributed by atoms with Crippen molar-refractivity contribution in [1.29, 1.82) is 0 Å². The van der Waals surface area contributed by atoms with Crippen molar-refractivity contribution in [3.63, 3.8) is 0 Å². The van der Waals surface area contributed by atoms with Crippen molar-refractivity contribution in [2.75, 3.05) is 36.8 Å². The van der Waals surface area contributed by atoms with Crippen LogP contribution in [0.25, 0.3) is 23.0 Å². The zero-order valence-corrected chi connectivity index (χ0v) is 17.6. The highest BCUT2D eigenvalue weighted by Gasteiger charge is 2.30. The second-order valence-electron chi connectivity index (χ2n) is 7.09. The van der Waals surface area contributed by atoms with Crippen LogP contribution in [0.2, 0.25) is 0 Å². The number of furan rings is 1. The summed E-state index contributed by atoms with van der Waals surface area (Å²) in [5, 5.41) is 8.14. The minimum Gasteiger partial charge on any atom is -0.471 e. The maximum absolute atomic E-state index is 12.7. The number of rotatable bonds is 5. The Kier molecular flexibility index (Phi) is 5.07. The molecule has 5 rings (SSSR count). The summed E-state index contributed by atoms with van der Waals surface area (Å²) < 4.78 is 37.4. The van der Waals surface area contributed by atoms with Gasteiger partial charge in [-0.25, -0.2) is 18.4 Å². The van der Waals surface area contributed by atoms with Crippen LogP contribution in [-0.2, 0) is 10.0 Å². The average Bonchev–Trinajstić information content (AvgIpc) is 3.53. The lowest BCUT2D eigenvalue weighted by Gasteiger charge is -2.34. The van der Waals surface area contributed by atoms with Gasteiger partial charge < -0.3 is 19.5 Å². The SMILES string of the molecule is Nc1ncc(N2CCN(S(=O)(=O)c3ccoc3)CC2)nc1-c1nnc(-c2ccccc2)o1.[HH]. The smallest absolute Gasteiger partial charge is 0.270 e. The molecule has 1 saturated heterocycles. The zero-order chi connectivity index (χ0) is 22.1. The van der Waals surface area contributed by atoms with E-state index in [0.717, 1.165) is 5.56 Å². The van der Waals surface area contributed by atoms with Gasteiger partial charge in [0.15, 0.2) is 11.5 Å². The molecule has 1 aliphatic rings. The number of nitrogens with two attached hydrogens (primary N) is 1. The maximum atomic E-state index is 12.7. The molecule has 12 heteroatoms. The van der Waals surface area contributed by atoms with E-state index >= 15 is 0 Å². The molecule has 1 aliphatic heterocycles. The van der Waals surface area contributed by atoms with Gasteiger partial charge in [0.05, 0.1) is 12.5 Å². The van der Waals surface area contributed by atoms with Crippen molar-refractivity contribution in [3.8, 4) is 23.0 Å². The molecule has 11 nitrogen and oxygen atoms in total. The highest BCUT2D eigenvalue weighted by molar-refractivity contribution is 7.89. The van der Waals surface area contributed by atoms with Crippen molar-refractivity contribution < 1.29 is 18.7 Å². The second kappa shape index (κ2) is 8.05. The fourth-order valence-electron chi connectivity index (χ4n) is 3.42. The Balaban J connectivity index is 0.00000259. The Labute approximate surface area is 185 Å². The third kappa shape index (κ3) is 3.69. The van der Waals surface area contributed by atoms with Crippen LogP contribution < -0.4 is 10.6 Å². The molecule has 32 heavy (non-hydrogen) atoms. The average molecular weight is 456 g/mol. The van der Waals surface area contributed by atoms with E-state index in [1.165, 1.54) is 22.9 Å². The van der Waals surface area contributed by atoms with E-state index in [9.17, 15) is 8.42 Å². The summed E-state index contributed by atoms with van der Waals surface area (Å²) in [6.45, 7) is 1.48. The quantitative estimate of drug-likeness (QED) is 0.475. The largest absolute Gasteiger partial charge is 0.471 e. The molecule has 0 aliphatic carbocycles. The zero-order valence-electron chi connectivity index (χ0n) is 16.8. The van der Waals surface area contributed by atoms with Crippen molar-refractivity contribution in [2.24, 2.45) is 0 Å². The molecule has 0 saturated carbocycles. The topological polar surface area (TPSA) is 144 Å². The molecule has 0 unspecified atom stereocenters. The highest BCUT2D eigenvalue weighted by Crippen LogP contribution is 2.28. The van der Waals surface area contributed by atoms with Crippen LogP contribution in [0.3, 0.4) is 0 Å². The fraction of sp³-hybridized carbons (Fsp3) is 0.200.